The minimum Gasteiger partial charge on any atom is -0.466 e. The molecule has 0 aliphatic rings. The molecule has 3 nitrogen and oxygen atoms in total. The molecule has 1 aromatic rings. The standard InChI is InChI=1S/C16H23NO2/c1-12(15(18)19-5)10-11-17-14-8-6-13(7-9-14)16(2,3)4/h6-10,17H,11H2,1-5H3/b12-10+. The van der Waals surface area contributed by atoms with Crippen LogP contribution in [0, 0.1) is 0 Å². The third-order valence-electron chi connectivity index (χ3n) is 2.97. The summed E-state index contributed by atoms with van der Waals surface area (Å²) in [4.78, 5) is 11.2. The van der Waals surface area contributed by atoms with Crippen molar-refractivity contribution in [1.82, 2.24) is 0 Å². The maximum Gasteiger partial charge on any atom is 0.333 e. The smallest absolute Gasteiger partial charge is 0.333 e. The Kier molecular flexibility index (Phi) is 5.16. The minimum atomic E-state index is -0.287. The quantitative estimate of drug-likeness (QED) is 0.665. The average molecular weight is 261 g/mol. The van der Waals surface area contributed by atoms with Gasteiger partial charge in [-0.1, -0.05) is 39.0 Å². The number of methoxy groups -OCH3 is 1. The highest BCUT2D eigenvalue weighted by atomic mass is 16.5. The van der Waals surface area contributed by atoms with Crippen molar-refractivity contribution in [1.29, 1.82) is 0 Å². The summed E-state index contributed by atoms with van der Waals surface area (Å²) in [5.74, 6) is -0.287. The first-order valence-electron chi connectivity index (χ1n) is 6.44. The highest BCUT2D eigenvalue weighted by Gasteiger charge is 2.12. The average Bonchev–Trinajstić information content (AvgIpc) is 2.37. The van der Waals surface area contributed by atoms with Gasteiger partial charge < -0.3 is 10.1 Å². The molecule has 1 N–H and O–H groups in total. The molecule has 0 fully saturated rings. The molecule has 0 aromatic heterocycles. The largest absolute Gasteiger partial charge is 0.466 e. The van der Waals surface area contributed by atoms with Crippen molar-refractivity contribution in [2.45, 2.75) is 33.1 Å². The van der Waals surface area contributed by atoms with Crippen molar-refractivity contribution in [3.8, 4) is 0 Å². The lowest BCUT2D eigenvalue weighted by Crippen LogP contribution is -2.11. The zero-order valence-corrected chi connectivity index (χ0v) is 12.4. The van der Waals surface area contributed by atoms with Crippen LogP contribution in [0.3, 0.4) is 0 Å². The van der Waals surface area contributed by atoms with Gasteiger partial charge in [-0.25, -0.2) is 4.79 Å². The monoisotopic (exact) mass is 261 g/mol. The molecule has 0 spiro atoms. The van der Waals surface area contributed by atoms with Crippen LogP contribution < -0.4 is 5.32 Å². The highest BCUT2D eigenvalue weighted by Crippen LogP contribution is 2.23. The first-order valence-corrected chi connectivity index (χ1v) is 6.44. The summed E-state index contributed by atoms with van der Waals surface area (Å²) in [6.07, 6.45) is 1.82. The third kappa shape index (κ3) is 4.78. The lowest BCUT2D eigenvalue weighted by Gasteiger charge is -2.19. The van der Waals surface area contributed by atoms with E-state index in [2.05, 4.69) is 55.1 Å². The van der Waals surface area contributed by atoms with E-state index in [1.54, 1.807) is 6.92 Å². The molecule has 19 heavy (non-hydrogen) atoms. The Hall–Kier alpha value is -1.77. The lowest BCUT2D eigenvalue weighted by atomic mass is 9.87. The summed E-state index contributed by atoms with van der Waals surface area (Å²) >= 11 is 0. The van der Waals surface area contributed by atoms with Crippen LogP contribution in [0.5, 0.6) is 0 Å². The van der Waals surface area contributed by atoms with Crippen molar-refractivity contribution >= 4 is 11.7 Å². The minimum absolute atomic E-state index is 0.167. The molecule has 1 aromatic carbocycles. The fourth-order valence-corrected chi connectivity index (χ4v) is 1.65. The van der Waals surface area contributed by atoms with E-state index in [-0.39, 0.29) is 11.4 Å². The van der Waals surface area contributed by atoms with Gasteiger partial charge in [0.15, 0.2) is 0 Å². The van der Waals surface area contributed by atoms with Crippen molar-refractivity contribution in [3.05, 3.63) is 41.5 Å². The second kappa shape index (κ2) is 6.41. The SMILES string of the molecule is COC(=O)/C(C)=C/CNc1ccc(C(C)(C)C)cc1. The van der Waals surface area contributed by atoms with Crippen molar-refractivity contribution in [2.75, 3.05) is 19.0 Å². The number of rotatable bonds is 4. The number of benzene rings is 1. The number of hydrogen-bond acceptors (Lipinski definition) is 3. The molecule has 0 bridgehead atoms. The molecule has 0 heterocycles. The van der Waals surface area contributed by atoms with Crippen LogP contribution in [-0.4, -0.2) is 19.6 Å². The predicted molar refractivity (Wildman–Crippen MR) is 79.4 cm³/mol. The fraction of sp³-hybridized carbons (Fsp3) is 0.438. The van der Waals surface area contributed by atoms with Crippen LogP contribution >= 0.6 is 0 Å². The maximum absolute atomic E-state index is 11.2. The highest BCUT2D eigenvalue weighted by molar-refractivity contribution is 5.87. The Morgan fingerprint density at radius 2 is 1.84 bits per heavy atom. The zero-order valence-electron chi connectivity index (χ0n) is 12.4. The number of hydrogen-bond donors (Lipinski definition) is 1. The van der Waals surface area contributed by atoms with Crippen molar-refractivity contribution in [3.63, 3.8) is 0 Å². The van der Waals surface area contributed by atoms with E-state index in [1.165, 1.54) is 12.7 Å². The first kappa shape index (κ1) is 15.3. The van der Waals surface area contributed by atoms with E-state index in [1.807, 2.05) is 6.08 Å². The molecule has 0 aliphatic heterocycles. The summed E-state index contributed by atoms with van der Waals surface area (Å²) in [5, 5.41) is 3.25. The molecular weight excluding hydrogens is 238 g/mol. The molecule has 0 atom stereocenters. The van der Waals surface area contributed by atoms with E-state index in [0.717, 1.165) is 5.69 Å². The van der Waals surface area contributed by atoms with Gasteiger partial charge in [0.1, 0.15) is 0 Å². The summed E-state index contributed by atoms with van der Waals surface area (Å²) in [6.45, 7) is 8.93. The van der Waals surface area contributed by atoms with Gasteiger partial charge in [-0.15, -0.1) is 0 Å². The summed E-state index contributed by atoms with van der Waals surface area (Å²) in [7, 11) is 1.39. The summed E-state index contributed by atoms with van der Waals surface area (Å²) in [5.41, 5.74) is 3.13. The van der Waals surface area contributed by atoms with Gasteiger partial charge in [-0.05, 0) is 30.0 Å². The zero-order chi connectivity index (χ0) is 14.5. The number of ether oxygens (including phenoxy) is 1. The van der Waals surface area contributed by atoms with E-state index >= 15 is 0 Å². The van der Waals surface area contributed by atoms with Gasteiger partial charge in [-0.2, -0.15) is 0 Å². The van der Waals surface area contributed by atoms with Gasteiger partial charge in [0.05, 0.1) is 7.11 Å². The van der Waals surface area contributed by atoms with Crippen LogP contribution in [0.2, 0.25) is 0 Å². The van der Waals surface area contributed by atoms with Crippen molar-refractivity contribution < 1.29 is 9.53 Å². The normalized spacial score (nSPS) is 12.2. The Morgan fingerprint density at radius 3 is 2.32 bits per heavy atom. The second-order valence-corrected chi connectivity index (χ2v) is 5.59. The molecule has 0 amide bonds. The number of esters is 1. The second-order valence-electron chi connectivity index (χ2n) is 5.59. The van der Waals surface area contributed by atoms with Gasteiger partial charge in [0.2, 0.25) is 0 Å². The van der Waals surface area contributed by atoms with Gasteiger partial charge in [0.25, 0.3) is 0 Å². The molecule has 0 unspecified atom stereocenters. The molecule has 0 saturated carbocycles. The van der Waals surface area contributed by atoms with E-state index < -0.39 is 0 Å². The molecule has 104 valence electrons. The molecular formula is C16H23NO2. The van der Waals surface area contributed by atoms with Crippen LogP contribution in [0.25, 0.3) is 0 Å². The summed E-state index contributed by atoms with van der Waals surface area (Å²) in [6, 6.07) is 8.36. The van der Waals surface area contributed by atoms with Crippen molar-refractivity contribution in [2.24, 2.45) is 0 Å². The lowest BCUT2D eigenvalue weighted by molar-refractivity contribution is -0.136. The maximum atomic E-state index is 11.2. The first-order chi connectivity index (χ1) is 8.84. The Morgan fingerprint density at radius 1 is 1.26 bits per heavy atom. The molecule has 0 radical (unpaired) electrons. The predicted octanol–water partition coefficient (Wildman–Crippen LogP) is 3.52. The Bertz CT molecular complexity index is 453. The number of nitrogens with one attached hydrogen (secondary N) is 1. The third-order valence-corrected chi connectivity index (χ3v) is 2.97. The van der Waals surface area contributed by atoms with Crippen LogP contribution in [0.1, 0.15) is 33.3 Å². The summed E-state index contributed by atoms with van der Waals surface area (Å²) < 4.78 is 4.63. The molecule has 0 aliphatic carbocycles. The number of carbonyl (C=O) groups is 1. The van der Waals surface area contributed by atoms with Gasteiger partial charge in [-0.3, -0.25) is 0 Å². The Labute approximate surface area is 115 Å². The Balaban J connectivity index is 2.58. The van der Waals surface area contributed by atoms with Crippen LogP contribution in [-0.2, 0) is 14.9 Å². The topological polar surface area (TPSA) is 38.3 Å². The molecule has 3 heteroatoms. The number of carbonyl (C=O) groups excluding carboxylic acids is 1. The van der Waals surface area contributed by atoms with E-state index in [4.69, 9.17) is 0 Å². The number of anilines is 1. The molecule has 1 rings (SSSR count). The van der Waals surface area contributed by atoms with Gasteiger partial charge in [0, 0.05) is 17.8 Å². The van der Waals surface area contributed by atoms with Crippen LogP contribution in [0.15, 0.2) is 35.9 Å². The van der Waals surface area contributed by atoms with E-state index in [0.29, 0.717) is 12.1 Å². The van der Waals surface area contributed by atoms with E-state index in [9.17, 15) is 4.79 Å². The van der Waals surface area contributed by atoms with Gasteiger partial charge >= 0.3 is 5.97 Å². The fourth-order valence-electron chi connectivity index (χ4n) is 1.65. The molecule has 0 saturated heterocycles. The van der Waals surface area contributed by atoms with Crippen LogP contribution in [0.4, 0.5) is 5.69 Å².